The molecule has 0 saturated carbocycles. The number of methoxy groups -OCH3 is 2. The Labute approximate surface area is 423 Å². The van der Waals surface area contributed by atoms with Crippen molar-refractivity contribution in [3.05, 3.63) is 125 Å². The second-order valence-corrected chi connectivity index (χ2v) is 19.6. The molecule has 16 nitrogen and oxygen atoms in total. The van der Waals surface area contributed by atoms with E-state index in [0.717, 1.165) is 39.7 Å². The van der Waals surface area contributed by atoms with E-state index in [2.05, 4.69) is 25.5 Å². The van der Waals surface area contributed by atoms with Crippen LogP contribution in [0.1, 0.15) is 113 Å². The number of imidazole rings is 2. The van der Waals surface area contributed by atoms with Crippen LogP contribution in [0.3, 0.4) is 0 Å². The van der Waals surface area contributed by atoms with Gasteiger partial charge in [-0.3, -0.25) is 9.59 Å². The first-order chi connectivity index (χ1) is 35.2. The standard InChI is InChI=1S/C55H64F2N10O6/c1-7-23-65(52(68)33(4)58-54(70)72-5)31-48-59-41-17-15-36(27-43(41)60-48)45-19-20-46(67(45)38-29-39(56)50(40(57)30-38)64-25-21-35(22-26-64)34-12-9-8-10-13-34)37-16-18-42-44(28-37)62-51(61-42)47-14-11-24-66(47)53(69)49(32(2)3)63-55(71)73-6/h8-10,12-13,15-18,21,27-30,32-33,45-47,49H,7,11,14,19-20,22-26,31H2,1-6H3,(H,58,70)(H,59,60)(H,61,62)(H,63,71)/t33-,45+,46+,47-,49?/m0/s1. The summed E-state index contributed by atoms with van der Waals surface area (Å²) in [4.78, 5) is 75.6. The van der Waals surface area contributed by atoms with Crippen molar-refractivity contribution in [1.29, 1.82) is 0 Å². The minimum Gasteiger partial charge on any atom is -0.453 e. The zero-order chi connectivity index (χ0) is 51.5. The van der Waals surface area contributed by atoms with Crippen LogP contribution in [0, 0.1) is 17.6 Å². The zero-order valence-electron chi connectivity index (χ0n) is 42.2. The number of likely N-dealkylation sites (tertiary alicyclic amines) is 1. The fraction of sp³-hybridized carbons (Fsp3) is 0.418. The Balaban J connectivity index is 1.03. The number of hydrogen-bond acceptors (Lipinski definition) is 10. The Bertz CT molecular complexity index is 3010. The molecule has 9 rings (SSSR count). The highest BCUT2D eigenvalue weighted by Gasteiger charge is 2.40. The van der Waals surface area contributed by atoms with Crippen molar-refractivity contribution in [2.45, 2.75) is 103 Å². The predicted octanol–water partition coefficient (Wildman–Crippen LogP) is 9.62. The summed E-state index contributed by atoms with van der Waals surface area (Å²) in [6.07, 6.45) is 4.79. The third-order valence-corrected chi connectivity index (χ3v) is 14.5. The van der Waals surface area contributed by atoms with Crippen molar-refractivity contribution in [1.82, 2.24) is 40.4 Å². The van der Waals surface area contributed by atoms with E-state index in [0.29, 0.717) is 86.7 Å². The van der Waals surface area contributed by atoms with Crippen LogP contribution < -0.4 is 20.4 Å². The Kier molecular flexibility index (Phi) is 15.0. The highest BCUT2D eigenvalue weighted by molar-refractivity contribution is 5.87. The Morgan fingerprint density at radius 3 is 2.05 bits per heavy atom. The number of benzene rings is 4. The van der Waals surface area contributed by atoms with Crippen LogP contribution >= 0.6 is 0 Å². The second kappa shape index (κ2) is 21.7. The molecule has 384 valence electrons. The van der Waals surface area contributed by atoms with Crippen LogP contribution in [0.15, 0.2) is 84.9 Å². The molecule has 73 heavy (non-hydrogen) atoms. The number of hydrogen-bond donors (Lipinski definition) is 4. The van der Waals surface area contributed by atoms with Gasteiger partial charge in [-0.15, -0.1) is 0 Å². The molecule has 1 unspecified atom stereocenters. The number of nitrogens with zero attached hydrogens (tertiary/aromatic N) is 6. The molecule has 4 N–H and O–H groups in total. The number of carbonyl (C=O) groups excluding carboxylic acids is 4. The molecular weight excluding hydrogens is 935 g/mol. The summed E-state index contributed by atoms with van der Waals surface area (Å²) in [6, 6.07) is 22.4. The second-order valence-electron chi connectivity index (χ2n) is 19.6. The van der Waals surface area contributed by atoms with Crippen molar-refractivity contribution >= 4 is 63.0 Å². The number of alkyl carbamates (subject to hydrolysis) is 2. The van der Waals surface area contributed by atoms with E-state index >= 15 is 8.78 Å². The number of aromatic amines is 2. The molecular formula is C55H64F2N10O6. The van der Waals surface area contributed by atoms with Crippen LogP contribution in [-0.4, -0.2) is 106 Å². The van der Waals surface area contributed by atoms with E-state index in [1.54, 1.807) is 21.6 Å². The smallest absolute Gasteiger partial charge is 0.407 e. The van der Waals surface area contributed by atoms with Gasteiger partial charge in [0.2, 0.25) is 11.8 Å². The van der Waals surface area contributed by atoms with Gasteiger partial charge in [0.1, 0.15) is 29.4 Å². The minimum atomic E-state index is -0.811. The van der Waals surface area contributed by atoms with Gasteiger partial charge in [0.15, 0.2) is 11.6 Å². The van der Waals surface area contributed by atoms with Crippen molar-refractivity contribution in [3.63, 3.8) is 0 Å². The average molecular weight is 999 g/mol. The van der Waals surface area contributed by atoms with Gasteiger partial charge in [-0.05, 0) is 110 Å². The molecule has 5 heterocycles. The topological polar surface area (TPSA) is 181 Å². The van der Waals surface area contributed by atoms with Crippen molar-refractivity contribution in [2.24, 2.45) is 5.92 Å². The van der Waals surface area contributed by atoms with Gasteiger partial charge in [0.25, 0.3) is 0 Å². The largest absolute Gasteiger partial charge is 0.453 e. The Hall–Kier alpha value is -7.50. The Morgan fingerprint density at radius 1 is 0.795 bits per heavy atom. The van der Waals surface area contributed by atoms with Crippen LogP contribution in [0.4, 0.5) is 29.7 Å². The minimum absolute atomic E-state index is 0.0540. The molecule has 0 aliphatic carbocycles. The molecule has 5 atom stereocenters. The van der Waals surface area contributed by atoms with E-state index in [-0.39, 0.29) is 48.1 Å². The number of carbonyl (C=O) groups is 4. The van der Waals surface area contributed by atoms with Crippen molar-refractivity contribution in [3.8, 4) is 0 Å². The summed E-state index contributed by atoms with van der Waals surface area (Å²) >= 11 is 0. The molecule has 0 radical (unpaired) electrons. The number of fused-ring (bicyclic) bond motifs is 2. The summed E-state index contributed by atoms with van der Waals surface area (Å²) < 4.78 is 43.0. The maximum Gasteiger partial charge on any atom is 0.407 e. The number of anilines is 2. The van der Waals surface area contributed by atoms with Crippen molar-refractivity contribution in [2.75, 3.05) is 50.2 Å². The highest BCUT2D eigenvalue weighted by atomic mass is 19.1. The molecule has 3 aliphatic rings. The molecule has 0 spiro atoms. The fourth-order valence-corrected chi connectivity index (χ4v) is 10.9. The van der Waals surface area contributed by atoms with Gasteiger partial charge < -0.3 is 49.7 Å². The van der Waals surface area contributed by atoms with Crippen LogP contribution in [0.25, 0.3) is 27.6 Å². The van der Waals surface area contributed by atoms with Crippen LogP contribution in [-0.2, 0) is 25.6 Å². The number of rotatable bonds is 15. The monoisotopic (exact) mass is 998 g/mol. The van der Waals surface area contributed by atoms with E-state index in [4.69, 9.17) is 19.4 Å². The summed E-state index contributed by atoms with van der Waals surface area (Å²) in [7, 11) is 2.52. The average Bonchev–Trinajstić information content (AvgIpc) is 4.23. The molecule has 18 heteroatoms. The van der Waals surface area contributed by atoms with E-state index < -0.39 is 35.9 Å². The molecule has 6 aromatic rings. The third-order valence-electron chi connectivity index (χ3n) is 14.5. The number of H-pyrrole nitrogens is 2. The fourth-order valence-electron chi connectivity index (χ4n) is 10.9. The van der Waals surface area contributed by atoms with Gasteiger partial charge in [-0.1, -0.05) is 69.3 Å². The Morgan fingerprint density at radius 2 is 1.44 bits per heavy atom. The summed E-state index contributed by atoms with van der Waals surface area (Å²) in [5.41, 5.74) is 7.33. The first-order valence-corrected chi connectivity index (χ1v) is 25.3. The zero-order valence-corrected chi connectivity index (χ0v) is 42.2. The lowest BCUT2D eigenvalue weighted by molar-refractivity contribution is -0.135. The number of nitrogens with one attached hydrogen (secondary N) is 4. The van der Waals surface area contributed by atoms with Crippen LogP contribution in [0.2, 0.25) is 0 Å². The molecule has 2 saturated heterocycles. The van der Waals surface area contributed by atoms with E-state index in [1.807, 2.05) is 93.6 Å². The maximum atomic E-state index is 16.7. The summed E-state index contributed by atoms with van der Waals surface area (Å²) in [6.45, 7) is 9.32. The van der Waals surface area contributed by atoms with E-state index in [9.17, 15) is 19.2 Å². The predicted molar refractivity (Wildman–Crippen MR) is 276 cm³/mol. The van der Waals surface area contributed by atoms with Crippen molar-refractivity contribution < 1.29 is 37.4 Å². The normalized spacial score (nSPS) is 18.8. The van der Waals surface area contributed by atoms with Gasteiger partial charge >= 0.3 is 12.2 Å². The number of ether oxygens (including phenoxy) is 2. The lowest BCUT2D eigenvalue weighted by Gasteiger charge is -2.35. The highest BCUT2D eigenvalue weighted by Crippen LogP contribution is 2.49. The molecule has 4 aromatic carbocycles. The van der Waals surface area contributed by atoms with Gasteiger partial charge in [-0.2, -0.15) is 0 Å². The number of amides is 4. The lowest BCUT2D eigenvalue weighted by atomic mass is 9.99. The summed E-state index contributed by atoms with van der Waals surface area (Å²) in [5, 5.41) is 5.26. The molecule has 0 bridgehead atoms. The van der Waals surface area contributed by atoms with Gasteiger partial charge in [-0.25, -0.2) is 28.3 Å². The molecule has 3 aliphatic heterocycles. The number of halogens is 2. The quantitative estimate of drug-likeness (QED) is 0.0774. The molecule has 2 fully saturated rings. The molecule has 2 aromatic heterocycles. The third kappa shape index (κ3) is 10.6. The van der Waals surface area contributed by atoms with E-state index in [1.165, 1.54) is 26.4 Å². The first kappa shape index (κ1) is 50.4. The maximum absolute atomic E-state index is 16.7. The number of aromatic nitrogens is 4. The lowest BCUT2D eigenvalue weighted by Crippen LogP contribution is -2.51. The summed E-state index contributed by atoms with van der Waals surface area (Å²) in [5.74, 6) is -0.728. The molecule has 4 amide bonds. The first-order valence-electron chi connectivity index (χ1n) is 25.3. The van der Waals surface area contributed by atoms with Crippen LogP contribution in [0.5, 0.6) is 0 Å². The van der Waals surface area contributed by atoms with Gasteiger partial charge in [0, 0.05) is 31.9 Å². The SMILES string of the molecule is CCCN(Cc1nc2cc([C@H]3CC[C@H](c4ccc5[nH]c([C@@H]6CCCN6C(=O)C(NC(=O)OC)C(C)C)nc5c4)N3c3cc(F)c(N4CC=C(c5ccccc5)CC4)c(F)c3)ccc2[nH]1)C(=O)[C@H](C)NC(=O)OC. The van der Waals surface area contributed by atoms with Gasteiger partial charge in [0.05, 0.1) is 61.0 Å².